The molecule has 2 fully saturated rings. The molecule has 0 aromatic heterocycles. The van der Waals surface area contributed by atoms with Crippen molar-refractivity contribution in [2.45, 2.75) is 37.6 Å². The Hall–Kier alpha value is -0.0900. The molecule has 1 unspecified atom stereocenters. The summed E-state index contributed by atoms with van der Waals surface area (Å²) in [6.07, 6.45) is 4.80. The Balaban J connectivity index is 2.02. The molecule has 0 amide bonds. The van der Waals surface area contributed by atoms with Crippen LogP contribution in [-0.2, 0) is 9.84 Å². The van der Waals surface area contributed by atoms with Gasteiger partial charge in [0.1, 0.15) is 9.84 Å². The third kappa shape index (κ3) is 2.05. The second kappa shape index (κ2) is 2.95. The fourth-order valence-corrected chi connectivity index (χ4v) is 3.70. The van der Waals surface area contributed by atoms with Crippen molar-refractivity contribution in [3.63, 3.8) is 0 Å². The third-order valence-corrected chi connectivity index (χ3v) is 5.19. The van der Waals surface area contributed by atoms with Gasteiger partial charge in [-0.15, -0.1) is 0 Å². The fraction of sp³-hybridized carbons (Fsp3) is 1.00. The molecule has 1 atom stereocenters. The van der Waals surface area contributed by atoms with Crippen molar-refractivity contribution in [3.05, 3.63) is 0 Å². The van der Waals surface area contributed by atoms with Gasteiger partial charge in [0, 0.05) is 5.54 Å². The van der Waals surface area contributed by atoms with E-state index < -0.39 is 9.84 Å². The van der Waals surface area contributed by atoms with E-state index >= 15 is 0 Å². The summed E-state index contributed by atoms with van der Waals surface area (Å²) in [6.45, 7) is 0. The second-order valence-corrected chi connectivity index (χ2v) is 6.82. The SMILES string of the molecule is NC1(C2CCCS(=O)(=O)CC2)CC1. The first-order valence-electron chi connectivity index (χ1n) is 5.01. The Bertz CT molecular complexity index is 293. The maximum atomic E-state index is 11.3. The van der Waals surface area contributed by atoms with E-state index in [0.29, 0.717) is 17.4 Å². The van der Waals surface area contributed by atoms with Gasteiger partial charge in [-0.1, -0.05) is 0 Å². The van der Waals surface area contributed by atoms with Gasteiger partial charge in [0.05, 0.1) is 11.5 Å². The minimum Gasteiger partial charge on any atom is -0.325 e. The Labute approximate surface area is 79.6 Å². The molecule has 1 heterocycles. The molecule has 2 N–H and O–H groups in total. The van der Waals surface area contributed by atoms with Crippen LogP contribution in [0.2, 0.25) is 0 Å². The minimum absolute atomic E-state index is 0.0138. The number of rotatable bonds is 1. The Morgan fingerprint density at radius 3 is 2.46 bits per heavy atom. The first-order chi connectivity index (χ1) is 6.02. The van der Waals surface area contributed by atoms with Crippen LogP contribution in [0.1, 0.15) is 32.1 Å². The number of hydrogen-bond donors (Lipinski definition) is 1. The van der Waals surface area contributed by atoms with E-state index in [-0.39, 0.29) is 5.54 Å². The molecule has 0 spiro atoms. The van der Waals surface area contributed by atoms with Crippen LogP contribution in [-0.4, -0.2) is 25.5 Å². The van der Waals surface area contributed by atoms with E-state index in [4.69, 9.17) is 5.73 Å². The van der Waals surface area contributed by atoms with E-state index in [0.717, 1.165) is 32.1 Å². The summed E-state index contributed by atoms with van der Waals surface area (Å²) in [5.74, 6) is 1.20. The number of sulfone groups is 1. The monoisotopic (exact) mass is 203 g/mol. The van der Waals surface area contributed by atoms with Crippen LogP contribution < -0.4 is 5.73 Å². The lowest BCUT2D eigenvalue weighted by molar-refractivity contribution is 0.369. The van der Waals surface area contributed by atoms with Crippen molar-refractivity contribution in [1.29, 1.82) is 0 Å². The van der Waals surface area contributed by atoms with E-state index in [1.165, 1.54) is 0 Å². The summed E-state index contributed by atoms with van der Waals surface area (Å²) in [5.41, 5.74) is 6.10. The summed E-state index contributed by atoms with van der Waals surface area (Å²) in [7, 11) is -2.74. The number of nitrogens with two attached hydrogens (primary N) is 1. The molecule has 0 aromatic carbocycles. The first kappa shape index (κ1) is 9.46. The molecule has 0 bridgehead atoms. The zero-order valence-corrected chi connectivity index (χ0v) is 8.65. The Kier molecular flexibility index (Phi) is 2.15. The zero-order valence-electron chi connectivity index (χ0n) is 7.83. The third-order valence-electron chi connectivity index (χ3n) is 3.43. The van der Waals surface area contributed by atoms with Gasteiger partial charge in [0.15, 0.2) is 0 Å². The summed E-state index contributed by atoms with van der Waals surface area (Å²) >= 11 is 0. The van der Waals surface area contributed by atoms with Gasteiger partial charge in [0.25, 0.3) is 0 Å². The molecule has 2 aliphatic rings. The number of hydrogen-bond acceptors (Lipinski definition) is 3. The second-order valence-electron chi connectivity index (χ2n) is 4.51. The van der Waals surface area contributed by atoms with Gasteiger partial charge in [-0.25, -0.2) is 8.42 Å². The van der Waals surface area contributed by atoms with Crippen molar-refractivity contribution >= 4 is 9.84 Å². The van der Waals surface area contributed by atoms with Crippen molar-refractivity contribution in [3.8, 4) is 0 Å². The largest absolute Gasteiger partial charge is 0.325 e. The summed E-state index contributed by atoms with van der Waals surface area (Å²) in [5, 5.41) is 0. The van der Waals surface area contributed by atoms with E-state index in [1.54, 1.807) is 0 Å². The van der Waals surface area contributed by atoms with Crippen LogP contribution in [0.4, 0.5) is 0 Å². The average Bonchev–Trinajstić information content (AvgIpc) is 2.77. The van der Waals surface area contributed by atoms with Crippen molar-refractivity contribution in [1.82, 2.24) is 0 Å². The molecule has 1 aliphatic carbocycles. The summed E-state index contributed by atoms with van der Waals surface area (Å²) in [6, 6.07) is 0. The van der Waals surface area contributed by atoms with E-state index in [1.807, 2.05) is 0 Å². The van der Waals surface area contributed by atoms with E-state index in [9.17, 15) is 8.42 Å². The normalized spacial score (nSPS) is 36.5. The van der Waals surface area contributed by atoms with Crippen LogP contribution in [0, 0.1) is 5.92 Å². The quantitative estimate of drug-likeness (QED) is 0.682. The lowest BCUT2D eigenvalue weighted by Crippen LogP contribution is -2.32. The predicted molar refractivity (Wildman–Crippen MR) is 52.1 cm³/mol. The molecular weight excluding hydrogens is 186 g/mol. The standard InChI is InChI=1S/C9H17NO2S/c10-9(4-5-9)8-2-1-6-13(11,12)7-3-8/h8H,1-7,10H2. The summed E-state index contributed by atoms with van der Waals surface area (Å²) < 4.78 is 22.6. The highest BCUT2D eigenvalue weighted by Crippen LogP contribution is 2.44. The maximum Gasteiger partial charge on any atom is 0.150 e. The predicted octanol–water partition coefficient (Wildman–Crippen LogP) is 0.693. The highest BCUT2D eigenvalue weighted by Gasteiger charge is 2.45. The van der Waals surface area contributed by atoms with Crippen LogP contribution in [0.15, 0.2) is 0 Å². The Morgan fingerprint density at radius 1 is 1.15 bits per heavy atom. The molecule has 0 aromatic rings. The van der Waals surface area contributed by atoms with Crippen molar-refractivity contribution in [2.24, 2.45) is 11.7 Å². The fourth-order valence-electron chi connectivity index (χ4n) is 2.25. The van der Waals surface area contributed by atoms with Gasteiger partial charge in [0.2, 0.25) is 0 Å². The molecule has 76 valence electrons. The highest BCUT2D eigenvalue weighted by molar-refractivity contribution is 7.91. The molecule has 1 saturated heterocycles. The van der Waals surface area contributed by atoms with Gasteiger partial charge in [-0.3, -0.25) is 0 Å². The average molecular weight is 203 g/mol. The van der Waals surface area contributed by atoms with Gasteiger partial charge >= 0.3 is 0 Å². The Morgan fingerprint density at radius 2 is 1.85 bits per heavy atom. The molecule has 13 heavy (non-hydrogen) atoms. The highest BCUT2D eigenvalue weighted by atomic mass is 32.2. The van der Waals surface area contributed by atoms with Crippen LogP contribution in [0.25, 0.3) is 0 Å². The molecule has 2 rings (SSSR count). The minimum atomic E-state index is -2.74. The molecule has 4 heteroatoms. The van der Waals surface area contributed by atoms with Gasteiger partial charge in [-0.2, -0.15) is 0 Å². The summed E-state index contributed by atoms with van der Waals surface area (Å²) in [4.78, 5) is 0. The van der Waals surface area contributed by atoms with Crippen LogP contribution in [0.3, 0.4) is 0 Å². The van der Waals surface area contributed by atoms with Crippen LogP contribution in [0.5, 0.6) is 0 Å². The topological polar surface area (TPSA) is 60.2 Å². The van der Waals surface area contributed by atoms with Crippen molar-refractivity contribution < 1.29 is 8.42 Å². The first-order valence-corrected chi connectivity index (χ1v) is 6.83. The lowest BCUT2D eigenvalue weighted by atomic mass is 9.91. The molecule has 0 radical (unpaired) electrons. The molecule has 1 saturated carbocycles. The molecular formula is C9H17NO2S. The van der Waals surface area contributed by atoms with Gasteiger partial charge < -0.3 is 5.73 Å². The molecule has 1 aliphatic heterocycles. The molecule has 3 nitrogen and oxygen atoms in total. The van der Waals surface area contributed by atoms with Gasteiger partial charge in [-0.05, 0) is 38.0 Å². The van der Waals surface area contributed by atoms with E-state index in [2.05, 4.69) is 0 Å². The smallest absolute Gasteiger partial charge is 0.150 e. The van der Waals surface area contributed by atoms with Crippen molar-refractivity contribution in [2.75, 3.05) is 11.5 Å². The maximum absolute atomic E-state index is 11.3. The van der Waals surface area contributed by atoms with Crippen LogP contribution >= 0.6 is 0 Å². The zero-order chi connectivity index (χ0) is 9.53. The lowest BCUT2D eigenvalue weighted by Gasteiger charge is -2.20.